The lowest BCUT2D eigenvalue weighted by atomic mass is 10.3. The van der Waals surface area contributed by atoms with Crippen molar-refractivity contribution in [2.45, 2.75) is 24.3 Å². The van der Waals surface area contributed by atoms with E-state index >= 15 is 0 Å². The van der Waals surface area contributed by atoms with E-state index in [9.17, 15) is 18.0 Å². The second-order valence-electron chi connectivity index (χ2n) is 2.02. The molecule has 0 rings (SSSR count). The zero-order valence-electron chi connectivity index (χ0n) is 6.32. The van der Waals surface area contributed by atoms with Gasteiger partial charge in [0, 0.05) is 0 Å². The van der Waals surface area contributed by atoms with E-state index < -0.39 is 23.4 Å². The smallest absolute Gasteiger partial charge is 0.401 e. The summed E-state index contributed by atoms with van der Waals surface area (Å²) in [6, 6.07) is 0. The zero-order chi connectivity index (χ0) is 9.78. The molecule has 0 amide bonds. The van der Waals surface area contributed by atoms with E-state index in [0.717, 1.165) is 0 Å². The molecule has 0 saturated heterocycles. The van der Waals surface area contributed by atoms with E-state index in [-0.39, 0.29) is 6.61 Å². The van der Waals surface area contributed by atoms with Gasteiger partial charge >= 0.3 is 12.1 Å². The molecule has 0 aliphatic heterocycles. The summed E-state index contributed by atoms with van der Waals surface area (Å²) in [5.74, 6) is -0.850. The van der Waals surface area contributed by atoms with Gasteiger partial charge in [0.2, 0.25) is 0 Å². The lowest BCUT2D eigenvalue weighted by Crippen LogP contribution is -2.26. The van der Waals surface area contributed by atoms with Gasteiger partial charge in [-0.25, -0.2) is 0 Å². The van der Waals surface area contributed by atoms with Gasteiger partial charge in [0.1, 0.15) is 4.83 Å². The molecule has 0 aromatic carbocycles. The molecule has 0 saturated carbocycles. The van der Waals surface area contributed by atoms with Crippen molar-refractivity contribution in [1.82, 2.24) is 0 Å². The summed E-state index contributed by atoms with van der Waals surface area (Å²) in [6.45, 7) is 1.63. The molecule has 72 valence electrons. The van der Waals surface area contributed by atoms with Gasteiger partial charge < -0.3 is 4.74 Å². The molecule has 12 heavy (non-hydrogen) atoms. The maximum atomic E-state index is 11.8. The predicted octanol–water partition coefficient (Wildman–Crippen LogP) is 2.27. The normalized spacial score (nSPS) is 14.1. The lowest BCUT2D eigenvalue weighted by molar-refractivity contribution is -0.153. The number of esters is 1. The highest BCUT2D eigenvalue weighted by molar-refractivity contribution is 9.09. The van der Waals surface area contributed by atoms with Crippen LogP contribution < -0.4 is 0 Å². The Morgan fingerprint density at radius 3 is 2.42 bits per heavy atom. The monoisotopic (exact) mass is 248 g/mol. The first-order valence-electron chi connectivity index (χ1n) is 3.24. The van der Waals surface area contributed by atoms with Crippen molar-refractivity contribution in [2.24, 2.45) is 0 Å². The number of ether oxygens (including phenoxy) is 1. The molecule has 0 aromatic heterocycles. The number of rotatable bonds is 3. The Labute approximate surface area is 76.2 Å². The Kier molecular flexibility index (Phi) is 4.59. The van der Waals surface area contributed by atoms with Crippen LogP contribution in [-0.2, 0) is 9.53 Å². The largest absolute Gasteiger partial charge is 0.466 e. The third kappa shape index (κ3) is 4.58. The van der Waals surface area contributed by atoms with Crippen molar-refractivity contribution in [3.8, 4) is 0 Å². The first kappa shape index (κ1) is 11.7. The Morgan fingerprint density at radius 2 is 2.08 bits per heavy atom. The van der Waals surface area contributed by atoms with E-state index in [0.29, 0.717) is 0 Å². The summed E-state index contributed by atoms with van der Waals surface area (Å²) in [5.41, 5.74) is 0. The van der Waals surface area contributed by atoms with Crippen LogP contribution in [0.15, 0.2) is 0 Å². The van der Waals surface area contributed by atoms with Crippen molar-refractivity contribution >= 4 is 21.9 Å². The Balaban J connectivity index is 3.84. The maximum Gasteiger partial charge on any atom is 0.401 e. The Hall–Kier alpha value is -0.260. The fourth-order valence-corrected chi connectivity index (χ4v) is 0.746. The second kappa shape index (κ2) is 4.69. The Bertz CT molecular complexity index is 157. The van der Waals surface area contributed by atoms with Crippen LogP contribution in [0, 0.1) is 0 Å². The van der Waals surface area contributed by atoms with Gasteiger partial charge in [-0.05, 0) is 6.92 Å². The summed E-state index contributed by atoms with van der Waals surface area (Å²) in [7, 11) is 0. The zero-order valence-corrected chi connectivity index (χ0v) is 7.91. The molecule has 0 spiro atoms. The minimum atomic E-state index is -4.40. The number of halogens is 4. The molecule has 0 aromatic rings. The lowest BCUT2D eigenvalue weighted by Gasteiger charge is -2.12. The minimum absolute atomic E-state index is 0.0937. The molecule has 0 aliphatic carbocycles. The summed E-state index contributed by atoms with van der Waals surface area (Å²) >= 11 is 2.34. The molecular weight excluding hydrogens is 241 g/mol. The minimum Gasteiger partial charge on any atom is -0.466 e. The molecule has 1 atom stereocenters. The third-order valence-corrected chi connectivity index (χ3v) is 1.85. The van der Waals surface area contributed by atoms with Crippen LogP contribution in [0.25, 0.3) is 0 Å². The van der Waals surface area contributed by atoms with Gasteiger partial charge in [0.05, 0.1) is 13.0 Å². The maximum absolute atomic E-state index is 11.8. The van der Waals surface area contributed by atoms with Crippen LogP contribution in [0.1, 0.15) is 13.3 Å². The number of alkyl halides is 4. The molecule has 6 heteroatoms. The quantitative estimate of drug-likeness (QED) is 0.566. The van der Waals surface area contributed by atoms with Crippen LogP contribution in [0.2, 0.25) is 0 Å². The van der Waals surface area contributed by atoms with Crippen molar-refractivity contribution in [1.29, 1.82) is 0 Å². The van der Waals surface area contributed by atoms with E-state index in [1.54, 1.807) is 0 Å². The highest BCUT2D eigenvalue weighted by Gasteiger charge is 2.39. The van der Waals surface area contributed by atoms with Gasteiger partial charge in [-0.2, -0.15) is 13.2 Å². The molecule has 0 N–H and O–H groups in total. The van der Waals surface area contributed by atoms with Crippen LogP contribution in [-0.4, -0.2) is 23.6 Å². The molecule has 0 unspecified atom stereocenters. The van der Waals surface area contributed by atoms with Gasteiger partial charge in [-0.1, -0.05) is 15.9 Å². The molecular formula is C6H8BrF3O2. The number of hydrogen-bond donors (Lipinski definition) is 0. The predicted molar refractivity (Wildman–Crippen MR) is 40.0 cm³/mol. The van der Waals surface area contributed by atoms with E-state index in [2.05, 4.69) is 20.7 Å². The van der Waals surface area contributed by atoms with Gasteiger partial charge in [-0.15, -0.1) is 0 Å². The second-order valence-corrected chi connectivity index (χ2v) is 3.12. The van der Waals surface area contributed by atoms with Crippen LogP contribution in [0.5, 0.6) is 0 Å². The van der Waals surface area contributed by atoms with Crippen LogP contribution in [0.3, 0.4) is 0 Å². The van der Waals surface area contributed by atoms with Crippen molar-refractivity contribution in [3.63, 3.8) is 0 Å². The molecule has 0 heterocycles. The summed E-state index contributed by atoms with van der Waals surface area (Å²) in [5, 5.41) is 0. The molecule has 0 bridgehead atoms. The van der Waals surface area contributed by atoms with E-state index in [4.69, 9.17) is 0 Å². The fourth-order valence-electron chi connectivity index (χ4n) is 0.482. The molecule has 0 fully saturated rings. The molecule has 0 radical (unpaired) electrons. The first-order chi connectivity index (χ1) is 5.38. The summed E-state index contributed by atoms with van der Waals surface area (Å²) < 4.78 is 39.7. The standard InChI is InChI=1S/C6H8BrF3O2/c1-2-12-5(11)3-4(7)6(8,9)10/h4H,2-3H2,1H3/t4-/m1/s1. The highest BCUT2D eigenvalue weighted by Crippen LogP contribution is 2.28. The van der Waals surface area contributed by atoms with Crippen molar-refractivity contribution < 1.29 is 22.7 Å². The van der Waals surface area contributed by atoms with Crippen LogP contribution >= 0.6 is 15.9 Å². The summed E-state index contributed by atoms with van der Waals surface area (Å²) in [4.78, 5) is 8.73. The summed E-state index contributed by atoms with van der Waals surface area (Å²) in [6.07, 6.45) is -5.08. The van der Waals surface area contributed by atoms with E-state index in [1.165, 1.54) is 6.92 Å². The Morgan fingerprint density at radius 1 is 1.58 bits per heavy atom. The molecule has 0 aliphatic rings. The SMILES string of the molecule is CCOC(=O)C[C@@H](Br)C(F)(F)F. The van der Waals surface area contributed by atoms with Gasteiger partial charge in [0.25, 0.3) is 0 Å². The average molecular weight is 249 g/mol. The topological polar surface area (TPSA) is 26.3 Å². The van der Waals surface area contributed by atoms with E-state index in [1.807, 2.05) is 0 Å². The third-order valence-electron chi connectivity index (χ3n) is 1.01. The van der Waals surface area contributed by atoms with Crippen molar-refractivity contribution in [2.75, 3.05) is 6.61 Å². The van der Waals surface area contributed by atoms with Crippen molar-refractivity contribution in [3.05, 3.63) is 0 Å². The van der Waals surface area contributed by atoms with Gasteiger partial charge in [-0.3, -0.25) is 4.79 Å². The van der Waals surface area contributed by atoms with Crippen LogP contribution in [0.4, 0.5) is 13.2 Å². The average Bonchev–Trinajstić information content (AvgIpc) is 1.85. The molecule has 2 nitrogen and oxygen atoms in total. The highest BCUT2D eigenvalue weighted by atomic mass is 79.9. The number of hydrogen-bond acceptors (Lipinski definition) is 2. The van der Waals surface area contributed by atoms with Gasteiger partial charge in [0.15, 0.2) is 0 Å². The number of carbonyl (C=O) groups is 1. The first-order valence-corrected chi connectivity index (χ1v) is 4.16. The number of carbonyl (C=O) groups excluding carboxylic acids is 1. The fraction of sp³-hybridized carbons (Fsp3) is 0.833.